The van der Waals surface area contributed by atoms with Crippen molar-refractivity contribution in [2.24, 2.45) is 5.73 Å². The molecule has 0 radical (unpaired) electrons. The number of nitrogens with one attached hydrogen (secondary N) is 1. The average molecular weight is 254 g/mol. The van der Waals surface area contributed by atoms with Gasteiger partial charge in [0.2, 0.25) is 0 Å². The summed E-state index contributed by atoms with van der Waals surface area (Å²) in [5, 5.41) is 7.51. The van der Waals surface area contributed by atoms with Crippen molar-refractivity contribution in [2.75, 3.05) is 14.2 Å². The van der Waals surface area contributed by atoms with Crippen molar-refractivity contribution in [3.63, 3.8) is 0 Å². The molecular formula is C12H22N4O2. The van der Waals surface area contributed by atoms with Crippen LogP contribution in [0.3, 0.4) is 0 Å². The number of piperidine rings is 2. The summed E-state index contributed by atoms with van der Waals surface area (Å²) in [5.74, 6) is 0.101. The van der Waals surface area contributed by atoms with Crippen LogP contribution in [0.5, 0.6) is 0 Å². The summed E-state index contributed by atoms with van der Waals surface area (Å²) in [4.78, 5) is 15.5. The van der Waals surface area contributed by atoms with E-state index in [1.165, 1.54) is 13.5 Å². The molecule has 2 rings (SSSR count). The summed E-state index contributed by atoms with van der Waals surface area (Å²) >= 11 is 0. The Balaban J connectivity index is 2.11. The predicted octanol–water partition coefficient (Wildman–Crippen LogP) is 0.964. The van der Waals surface area contributed by atoms with Crippen molar-refractivity contribution < 1.29 is 9.53 Å². The molecule has 0 unspecified atom stereocenters. The molecule has 0 aromatic rings. The second-order valence-corrected chi connectivity index (χ2v) is 5.24. The number of guanidine groups is 1. The van der Waals surface area contributed by atoms with Crippen LogP contribution in [0.1, 0.15) is 32.1 Å². The van der Waals surface area contributed by atoms with Gasteiger partial charge in [-0.3, -0.25) is 5.41 Å². The van der Waals surface area contributed by atoms with Gasteiger partial charge in [0.05, 0.1) is 7.11 Å². The normalized spacial score (nSPS) is 30.8. The monoisotopic (exact) mass is 254 g/mol. The lowest BCUT2D eigenvalue weighted by Crippen LogP contribution is -2.59. The van der Waals surface area contributed by atoms with E-state index in [1.807, 2.05) is 16.8 Å². The van der Waals surface area contributed by atoms with Crippen LogP contribution in [0.2, 0.25) is 0 Å². The molecule has 3 N–H and O–H groups in total. The molecule has 2 aliphatic heterocycles. The molecule has 1 amide bonds. The minimum Gasteiger partial charge on any atom is -0.453 e. The van der Waals surface area contributed by atoms with E-state index in [0.29, 0.717) is 0 Å². The van der Waals surface area contributed by atoms with E-state index in [0.717, 1.165) is 25.7 Å². The molecule has 2 bridgehead atoms. The van der Waals surface area contributed by atoms with Gasteiger partial charge in [-0.15, -0.1) is 0 Å². The maximum absolute atomic E-state index is 11.8. The fraction of sp³-hybridized carbons (Fsp3) is 0.833. The lowest BCUT2D eigenvalue weighted by molar-refractivity contribution is 0.0110. The molecule has 6 heteroatoms. The molecule has 2 fully saturated rings. The number of rotatable bonds is 1. The van der Waals surface area contributed by atoms with Gasteiger partial charge >= 0.3 is 6.09 Å². The Bertz CT molecular complexity index is 333. The molecule has 2 heterocycles. The summed E-state index contributed by atoms with van der Waals surface area (Å²) in [6, 6.07) is 0.729. The predicted molar refractivity (Wildman–Crippen MR) is 68.4 cm³/mol. The fourth-order valence-corrected chi connectivity index (χ4v) is 3.27. The summed E-state index contributed by atoms with van der Waals surface area (Å²) in [6.45, 7) is 0. The van der Waals surface area contributed by atoms with E-state index in [9.17, 15) is 4.79 Å². The first kappa shape index (κ1) is 13.0. The zero-order valence-corrected chi connectivity index (χ0v) is 11.1. The highest BCUT2D eigenvalue weighted by Gasteiger charge is 2.42. The number of carbonyl (C=O) groups excluding carboxylic acids is 1. The van der Waals surface area contributed by atoms with Gasteiger partial charge in [-0.1, -0.05) is 0 Å². The Morgan fingerprint density at radius 2 is 1.94 bits per heavy atom. The number of hydrogen-bond acceptors (Lipinski definition) is 3. The van der Waals surface area contributed by atoms with Gasteiger partial charge in [0.25, 0.3) is 0 Å². The smallest absolute Gasteiger partial charge is 0.409 e. The minimum atomic E-state index is -0.214. The second-order valence-electron chi connectivity index (χ2n) is 5.24. The summed E-state index contributed by atoms with van der Waals surface area (Å²) < 4.78 is 4.88. The zero-order valence-electron chi connectivity index (χ0n) is 11.1. The molecule has 6 nitrogen and oxygen atoms in total. The van der Waals surface area contributed by atoms with Crippen LogP contribution in [0.25, 0.3) is 0 Å². The van der Waals surface area contributed by atoms with Crippen LogP contribution >= 0.6 is 0 Å². The summed E-state index contributed by atoms with van der Waals surface area (Å²) in [7, 11) is 3.29. The van der Waals surface area contributed by atoms with Gasteiger partial charge in [-0.2, -0.15) is 0 Å². The standard InChI is InChI=1S/C12H22N4O2/c1-15(11(13)14)10-6-8-4-3-5-9(7-10)16(8)12(17)18-2/h8-10H,3-7H2,1-2H3,(H3,13,14)/t8-,9+,10-. The first-order valence-electron chi connectivity index (χ1n) is 6.47. The molecule has 3 atom stereocenters. The third-order valence-corrected chi connectivity index (χ3v) is 4.26. The van der Waals surface area contributed by atoms with E-state index in [1.54, 1.807) is 0 Å². The van der Waals surface area contributed by atoms with Gasteiger partial charge in [0.1, 0.15) is 0 Å². The Morgan fingerprint density at radius 1 is 1.39 bits per heavy atom. The number of fused-ring (bicyclic) bond motifs is 2. The molecule has 102 valence electrons. The Labute approximate surface area is 108 Å². The van der Waals surface area contributed by atoms with E-state index in [2.05, 4.69) is 0 Å². The molecule has 2 saturated heterocycles. The minimum absolute atomic E-state index is 0.101. The largest absolute Gasteiger partial charge is 0.453 e. The summed E-state index contributed by atoms with van der Waals surface area (Å²) in [5.41, 5.74) is 5.54. The van der Waals surface area contributed by atoms with Gasteiger partial charge in [0, 0.05) is 25.2 Å². The van der Waals surface area contributed by atoms with E-state index in [4.69, 9.17) is 15.9 Å². The molecule has 0 spiro atoms. The highest BCUT2D eigenvalue weighted by Crippen LogP contribution is 2.35. The quantitative estimate of drug-likeness (QED) is 0.539. The Morgan fingerprint density at radius 3 is 2.39 bits per heavy atom. The lowest BCUT2D eigenvalue weighted by atomic mass is 9.81. The Kier molecular flexibility index (Phi) is 3.63. The molecule has 0 aromatic heterocycles. The zero-order chi connectivity index (χ0) is 13.3. The molecule has 18 heavy (non-hydrogen) atoms. The van der Waals surface area contributed by atoms with Crippen LogP contribution < -0.4 is 5.73 Å². The van der Waals surface area contributed by atoms with Crippen LogP contribution in [0.4, 0.5) is 4.79 Å². The molecule has 2 aliphatic rings. The molecular weight excluding hydrogens is 232 g/mol. The van der Waals surface area contributed by atoms with Crippen molar-refractivity contribution in [3.8, 4) is 0 Å². The first-order chi connectivity index (χ1) is 8.54. The maximum Gasteiger partial charge on any atom is 0.409 e. The number of nitrogens with two attached hydrogens (primary N) is 1. The van der Waals surface area contributed by atoms with Gasteiger partial charge in [-0.25, -0.2) is 4.79 Å². The number of methoxy groups -OCH3 is 1. The second kappa shape index (κ2) is 5.04. The third kappa shape index (κ3) is 2.23. The topological polar surface area (TPSA) is 82.7 Å². The fourth-order valence-electron chi connectivity index (χ4n) is 3.27. The van der Waals surface area contributed by atoms with Crippen LogP contribution in [-0.4, -0.2) is 54.1 Å². The van der Waals surface area contributed by atoms with Gasteiger partial charge in [-0.05, 0) is 32.1 Å². The number of hydrogen-bond donors (Lipinski definition) is 2. The van der Waals surface area contributed by atoms with Crippen LogP contribution in [0, 0.1) is 5.41 Å². The molecule has 0 aromatic carbocycles. The van der Waals surface area contributed by atoms with Crippen molar-refractivity contribution in [1.82, 2.24) is 9.80 Å². The first-order valence-corrected chi connectivity index (χ1v) is 6.47. The average Bonchev–Trinajstić information content (AvgIpc) is 2.35. The van der Waals surface area contributed by atoms with Crippen molar-refractivity contribution in [2.45, 2.75) is 50.2 Å². The number of ether oxygens (including phenoxy) is 1. The van der Waals surface area contributed by atoms with E-state index < -0.39 is 0 Å². The SMILES string of the molecule is COC(=O)N1[C@@H]2CCC[C@H]1C[C@H](N(C)C(=N)N)C2. The van der Waals surface area contributed by atoms with Gasteiger partial charge in [0.15, 0.2) is 5.96 Å². The lowest BCUT2D eigenvalue weighted by Gasteiger charge is -2.49. The molecule has 0 saturated carbocycles. The highest BCUT2D eigenvalue weighted by molar-refractivity contribution is 5.74. The number of carbonyl (C=O) groups is 1. The van der Waals surface area contributed by atoms with Crippen LogP contribution in [0.15, 0.2) is 0 Å². The van der Waals surface area contributed by atoms with Crippen molar-refractivity contribution in [1.29, 1.82) is 5.41 Å². The van der Waals surface area contributed by atoms with Crippen LogP contribution in [-0.2, 0) is 4.74 Å². The number of amides is 1. The third-order valence-electron chi connectivity index (χ3n) is 4.26. The Hall–Kier alpha value is -1.46. The van der Waals surface area contributed by atoms with Crippen molar-refractivity contribution in [3.05, 3.63) is 0 Å². The highest BCUT2D eigenvalue weighted by atomic mass is 16.5. The maximum atomic E-state index is 11.8. The van der Waals surface area contributed by atoms with Crippen molar-refractivity contribution >= 4 is 12.1 Å². The molecule has 0 aliphatic carbocycles. The van der Waals surface area contributed by atoms with E-state index >= 15 is 0 Å². The summed E-state index contributed by atoms with van der Waals surface area (Å²) in [6.07, 6.45) is 4.75. The van der Waals surface area contributed by atoms with E-state index in [-0.39, 0.29) is 30.2 Å². The van der Waals surface area contributed by atoms with Gasteiger partial charge < -0.3 is 20.3 Å². The number of nitrogens with zero attached hydrogens (tertiary/aromatic N) is 2.